The molecule has 0 aliphatic rings. The second-order valence-corrected chi connectivity index (χ2v) is 6.60. The van der Waals surface area contributed by atoms with E-state index in [-0.39, 0.29) is 4.90 Å². The van der Waals surface area contributed by atoms with E-state index in [0.717, 1.165) is 5.69 Å². The number of methoxy groups -OCH3 is 1. The predicted molar refractivity (Wildman–Crippen MR) is 89.6 cm³/mol. The average molecular weight is 328 g/mol. The molecule has 3 rings (SSSR count). The SMILES string of the molecule is COc1ccc(S(=O)(=O)Nc2cccc(-n3cccc3)c2)cc1. The van der Waals surface area contributed by atoms with E-state index < -0.39 is 10.0 Å². The van der Waals surface area contributed by atoms with Crippen LogP contribution in [0, 0.1) is 0 Å². The van der Waals surface area contributed by atoms with Crippen molar-refractivity contribution < 1.29 is 13.2 Å². The lowest BCUT2D eigenvalue weighted by Crippen LogP contribution is -2.13. The lowest BCUT2D eigenvalue weighted by Gasteiger charge is -2.10. The lowest BCUT2D eigenvalue weighted by atomic mass is 10.3. The van der Waals surface area contributed by atoms with Crippen LogP contribution in [-0.2, 0) is 10.0 Å². The second kappa shape index (κ2) is 6.18. The molecule has 0 saturated carbocycles. The van der Waals surface area contributed by atoms with Gasteiger partial charge in [-0.05, 0) is 54.6 Å². The highest BCUT2D eigenvalue weighted by Gasteiger charge is 2.14. The molecule has 0 fully saturated rings. The number of rotatable bonds is 5. The number of anilines is 1. The van der Waals surface area contributed by atoms with Gasteiger partial charge < -0.3 is 9.30 Å². The van der Waals surface area contributed by atoms with Gasteiger partial charge in [-0.3, -0.25) is 4.72 Å². The first-order valence-corrected chi connectivity index (χ1v) is 8.47. The normalized spacial score (nSPS) is 11.2. The topological polar surface area (TPSA) is 60.3 Å². The van der Waals surface area contributed by atoms with Crippen molar-refractivity contribution in [3.63, 3.8) is 0 Å². The van der Waals surface area contributed by atoms with Crippen LogP contribution in [0.3, 0.4) is 0 Å². The molecule has 0 radical (unpaired) electrons. The highest BCUT2D eigenvalue weighted by atomic mass is 32.2. The zero-order valence-electron chi connectivity index (χ0n) is 12.5. The number of nitrogens with one attached hydrogen (secondary N) is 1. The Morgan fingerprint density at radius 1 is 0.957 bits per heavy atom. The first kappa shape index (κ1) is 15.2. The molecule has 23 heavy (non-hydrogen) atoms. The third-order valence-electron chi connectivity index (χ3n) is 3.37. The smallest absolute Gasteiger partial charge is 0.261 e. The van der Waals surface area contributed by atoms with Crippen molar-refractivity contribution in [2.24, 2.45) is 0 Å². The van der Waals surface area contributed by atoms with Crippen molar-refractivity contribution in [1.82, 2.24) is 4.57 Å². The lowest BCUT2D eigenvalue weighted by molar-refractivity contribution is 0.414. The van der Waals surface area contributed by atoms with Gasteiger partial charge in [-0.2, -0.15) is 0 Å². The van der Waals surface area contributed by atoms with Crippen LogP contribution in [0.2, 0.25) is 0 Å². The maximum absolute atomic E-state index is 12.4. The van der Waals surface area contributed by atoms with Crippen LogP contribution in [0.1, 0.15) is 0 Å². The summed E-state index contributed by atoms with van der Waals surface area (Å²) in [6.07, 6.45) is 3.80. The van der Waals surface area contributed by atoms with E-state index in [4.69, 9.17) is 4.74 Å². The van der Waals surface area contributed by atoms with Gasteiger partial charge in [-0.1, -0.05) is 6.07 Å². The van der Waals surface area contributed by atoms with Crippen molar-refractivity contribution in [3.8, 4) is 11.4 Å². The van der Waals surface area contributed by atoms with Crippen molar-refractivity contribution in [2.75, 3.05) is 11.8 Å². The fourth-order valence-electron chi connectivity index (χ4n) is 2.21. The summed E-state index contributed by atoms with van der Waals surface area (Å²) in [6, 6.07) is 17.3. The molecule has 0 aliphatic heterocycles. The summed E-state index contributed by atoms with van der Waals surface area (Å²) in [5.74, 6) is 0.610. The highest BCUT2D eigenvalue weighted by molar-refractivity contribution is 7.92. The molecule has 0 aliphatic carbocycles. The molecule has 0 atom stereocenters. The van der Waals surface area contributed by atoms with Gasteiger partial charge in [0.2, 0.25) is 0 Å². The summed E-state index contributed by atoms with van der Waals surface area (Å²) in [6.45, 7) is 0. The summed E-state index contributed by atoms with van der Waals surface area (Å²) in [4.78, 5) is 0.185. The summed E-state index contributed by atoms with van der Waals surface area (Å²) < 4.78 is 34.4. The van der Waals surface area contributed by atoms with Crippen LogP contribution in [0.25, 0.3) is 5.69 Å². The summed E-state index contributed by atoms with van der Waals surface area (Å²) in [7, 11) is -2.10. The Morgan fingerprint density at radius 2 is 1.65 bits per heavy atom. The molecule has 0 spiro atoms. The fourth-order valence-corrected chi connectivity index (χ4v) is 3.26. The zero-order valence-corrected chi connectivity index (χ0v) is 13.3. The Bertz CT molecular complexity index is 886. The van der Waals surface area contributed by atoms with E-state index >= 15 is 0 Å². The van der Waals surface area contributed by atoms with Crippen molar-refractivity contribution >= 4 is 15.7 Å². The Labute approximate surface area is 135 Å². The standard InChI is InChI=1S/C17H16N2O3S/c1-22-16-7-9-17(10-8-16)23(20,21)18-14-5-4-6-15(13-14)19-11-2-3-12-19/h2-13,18H,1H3. The van der Waals surface area contributed by atoms with Crippen LogP contribution >= 0.6 is 0 Å². The first-order valence-electron chi connectivity index (χ1n) is 6.99. The Hall–Kier alpha value is -2.73. The molecule has 0 bridgehead atoms. The van der Waals surface area contributed by atoms with Crippen molar-refractivity contribution in [1.29, 1.82) is 0 Å². The van der Waals surface area contributed by atoms with Gasteiger partial charge in [0, 0.05) is 18.1 Å². The molecule has 2 aromatic carbocycles. The van der Waals surface area contributed by atoms with Gasteiger partial charge in [0.25, 0.3) is 10.0 Å². The van der Waals surface area contributed by atoms with Crippen LogP contribution in [0.5, 0.6) is 5.75 Å². The predicted octanol–water partition coefficient (Wildman–Crippen LogP) is 3.29. The third-order valence-corrected chi connectivity index (χ3v) is 4.77. The fraction of sp³-hybridized carbons (Fsp3) is 0.0588. The Morgan fingerprint density at radius 3 is 2.30 bits per heavy atom. The van der Waals surface area contributed by atoms with Crippen LogP contribution < -0.4 is 9.46 Å². The number of hydrogen-bond donors (Lipinski definition) is 1. The van der Waals surface area contributed by atoms with E-state index in [2.05, 4.69) is 4.72 Å². The maximum atomic E-state index is 12.4. The monoisotopic (exact) mass is 328 g/mol. The largest absolute Gasteiger partial charge is 0.497 e. The quantitative estimate of drug-likeness (QED) is 0.782. The minimum Gasteiger partial charge on any atom is -0.497 e. The number of ether oxygens (including phenoxy) is 1. The second-order valence-electron chi connectivity index (χ2n) is 4.92. The molecule has 6 heteroatoms. The van der Waals surface area contributed by atoms with Gasteiger partial charge in [-0.25, -0.2) is 8.42 Å². The van der Waals surface area contributed by atoms with E-state index in [1.54, 1.807) is 30.3 Å². The molecule has 1 heterocycles. The zero-order chi connectivity index (χ0) is 16.3. The molecular formula is C17H16N2O3S. The maximum Gasteiger partial charge on any atom is 0.261 e. The van der Waals surface area contributed by atoms with Crippen molar-refractivity contribution in [2.45, 2.75) is 4.90 Å². The minimum absolute atomic E-state index is 0.185. The summed E-state index contributed by atoms with van der Waals surface area (Å²) in [5.41, 5.74) is 1.39. The number of nitrogens with zero attached hydrogens (tertiary/aromatic N) is 1. The van der Waals surface area contributed by atoms with Gasteiger partial charge in [0.15, 0.2) is 0 Å². The molecule has 5 nitrogen and oxygen atoms in total. The molecule has 0 saturated heterocycles. The van der Waals surface area contributed by atoms with E-state index in [0.29, 0.717) is 11.4 Å². The van der Waals surface area contributed by atoms with Gasteiger partial charge >= 0.3 is 0 Å². The number of sulfonamides is 1. The number of hydrogen-bond acceptors (Lipinski definition) is 3. The Kier molecular flexibility index (Phi) is 4.08. The summed E-state index contributed by atoms with van der Waals surface area (Å²) >= 11 is 0. The average Bonchev–Trinajstić information content (AvgIpc) is 3.09. The van der Waals surface area contributed by atoms with Crippen LogP contribution in [-0.4, -0.2) is 20.1 Å². The van der Waals surface area contributed by atoms with E-state index in [1.807, 2.05) is 35.2 Å². The molecule has 118 valence electrons. The molecule has 1 aromatic heterocycles. The third kappa shape index (κ3) is 3.37. The molecule has 1 N–H and O–H groups in total. The Balaban J connectivity index is 1.87. The van der Waals surface area contributed by atoms with Gasteiger partial charge in [-0.15, -0.1) is 0 Å². The molecule has 3 aromatic rings. The minimum atomic E-state index is -3.64. The van der Waals surface area contributed by atoms with Crippen molar-refractivity contribution in [3.05, 3.63) is 73.1 Å². The number of aromatic nitrogens is 1. The van der Waals surface area contributed by atoms with Gasteiger partial charge in [0.05, 0.1) is 17.7 Å². The van der Waals surface area contributed by atoms with E-state index in [9.17, 15) is 8.42 Å². The van der Waals surface area contributed by atoms with Crippen LogP contribution in [0.15, 0.2) is 78.0 Å². The number of benzene rings is 2. The van der Waals surface area contributed by atoms with Crippen LogP contribution in [0.4, 0.5) is 5.69 Å². The van der Waals surface area contributed by atoms with E-state index in [1.165, 1.54) is 19.2 Å². The van der Waals surface area contributed by atoms with Gasteiger partial charge in [0.1, 0.15) is 5.75 Å². The first-order chi connectivity index (χ1) is 11.1. The molecule has 0 amide bonds. The summed E-state index contributed by atoms with van der Waals surface area (Å²) in [5, 5.41) is 0. The molecule has 0 unspecified atom stereocenters. The highest BCUT2D eigenvalue weighted by Crippen LogP contribution is 2.21. The molecular weight excluding hydrogens is 312 g/mol.